The van der Waals surface area contributed by atoms with Crippen LogP contribution in [0.2, 0.25) is 5.02 Å². The van der Waals surface area contributed by atoms with Crippen LogP contribution >= 0.6 is 11.6 Å². The fraction of sp³-hybridized carbons (Fsp3) is 0.364. The molecule has 14 heteroatoms. The Hall–Kier alpha value is -2.71. The molecule has 0 spiro atoms. The average Bonchev–Trinajstić information content (AvgIpc) is 2.77. The summed E-state index contributed by atoms with van der Waals surface area (Å²) >= 11 is 6.13. The molecule has 0 saturated heterocycles. The van der Waals surface area contributed by atoms with E-state index in [1.165, 1.54) is 19.1 Å². The van der Waals surface area contributed by atoms with Gasteiger partial charge in [-0.05, 0) is 49.7 Å². The molecular formula is C22H27ClN2O9S2. The molecule has 0 saturated carbocycles. The number of sulfone groups is 1. The van der Waals surface area contributed by atoms with Gasteiger partial charge in [0.2, 0.25) is 16.1 Å². The Kier molecular flexibility index (Phi) is 9.13. The lowest BCUT2D eigenvalue weighted by Gasteiger charge is -2.28. The summed E-state index contributed by atoms with van der Waals surface area (Å²) in [6.07, 6.45) is -0.282. The van der Waals surface area contributed by atoms with Gasteiger partial charge in [0.15, 0.2) is 15.6 Å². The van der Waals surface area contributed by atoms with Crippen LogP contribution in [0.15, 0.2) is 41.3 Å². The summed E-state index contributed by atoms with van der Waals surface area (Å²) in [5, 5.41) is 22.0. The Labute approximate surface area is 214 Å². The number of hydrogen-bond acceptors (Lipinski definition) is 9. The summed E-state index contributed by atoms with van der Waals surface area (Å²) < 4.78 is 55.4. The first kappa shape index (κ1) is 29.5. The van der Waals surface area contributed by atoms with Crippen LogP contribution in [-0.2, 0) is 29.4 Å². The molecule has 1 unspecified atom stereocenters. The van der Waals surface area contributed by atoms with Gasteiger partial charge in [-0.25, -0.2) is 16.8 Å². The molecule has 198 valence electrons. The SMILES string of the molecule is Cc1ccc(Cl)c(NC(=O)C(Oc2ccc(S(C)(=O)=O)cc2NS(C)(=O)=O)C(=O)C(C)(CO)CO)c1. The minimum absolute atomic E-state index is 0.152. The number of benzene rings is 2. The zero-order valence-corrected chi connectivity index (χ0v) is 22.3. The van der Waals surface area contributed by atoms with Crippen LogP contribution in [0, 0.1) is 12.3 Å². The maximum absolute atomic E-state index is 13.3. The minimum Gasteiger partial charge on any atom is -0.470 e. The standard InChI is InChI=1S/C22H27ClN2O9S2/c1-13-5-7-15(23)16(9-13)24-21(29)19(20(28)22(2,11-26)12-27)34-18-8-6-14(35(3,30)31)10-17(18)25-36(4,32)33/h5-10,19,25-27H,11-12H2,1-4H3,(H,24,29). The van der Waals surface area contributed by atoms with Crippen molar-refractivity contribution in [2.45, 2.75) is 24.8 Å². The highest BCUT2D eigenvalue weighted by molar-refractivity contribution is 7.92. The molecule has 0 aliphatic heterocycles. The number of carbonyl (C=O) groups excluding carboxylic acids is 2. The van der Waals surface area contributed by atoms with Gasteiger partial charge in [0, 0.05) is 6.26 Å². The molecule has 1 amide bonds. The second-order valence-electron chi connectivity index (χ2n) is 8.52. The highest BCUT2D eigenvalue weighted by Crippen LogP contribution is 2.32. The van der Waals surface area contributed by atoms with E-state index >= 15 is 0 Å². The number of carbonyl (C=O) groups is 2. The molecule has 4 N–H and O–H groups in total. The van der Waals surface area contributed by atoms with Crippen LogP contribution in [0.1, 0.15) is 12.5 Å². The molecule has 0 heterocycles. The summed E-state index contributed by atoms with van der Waals surface area (Å²) in [7, 11) is -7.70. The largest absolute Gasteiger partial charge is 0.470 e. The van der Waals surface area contributed by atoms with Gasteiger partial charge < -0.3 is 20.3 Å². The van der Waals surface area contributed by atoms with E-state index in [1.54, 1.807) is 13.0 Å². The molecule has 0 aliphatic carbocycles. The fourth-order valence-electron chi connectivity index (χ4n) is 2.93. The lowest BCUT2D eigenvalue weighted by molar-refractivity contribution is -0.145. The number of aliphatic hydroxyl groups is 2. The Morgan fingerprint density at radius 3 is 2.17 bits per heavy atom. The van der Waals surface area contributed by atoms with Crippen molar-refractivity contribution in [2.24, 2.45) is 5.41 Å². The number of amides is 1. The molecule has 0 aromatic heterocycles. The van der Waals surface area contributed by atoms with Crippen molar-refractivity contribution < 1.29 is 41.4 Å². The van der Waals surface area contributed by atoms with Gasteiger partial charge in [0.1, 0.15) is 5.75 Å². The number of anilines is 2. The molecule has 0 radical (unpaired) electrons. The lowest BCUT2D eigenvalue weighted by atomic mass is 9.84. The van der Waals surface area contributed by atoms with Crippen molar-refractivity contribution in [2.75, 3.05) is 35.8 Å². The predicted molar refractivity (Wildman–Crippen MR) is 135 cm³/mol. The Morgan fingerprint density at radius 1 is 1.03 bits per heavy atom. The Morgan fingerprint density at radius 2 is 1.64 bits per heavy atom. The highest BCUT2D eigenvalue weighted by atomic mass is 35.5. The number of nitrogens with one attached hydrogen (secondary N) is 2. The molecule has 2 aromatic rings. The number of aryl methyl sites for hydroxylation is 1. The van der Waals surface area contributed by atoms with Crippen molar-refractivity contribution in [3.05, 3.63) is 47.0 Å². The number of ether oxygens (including phenoxy) is 1. The third-order valence-electron chi connectivity index (χ3n) is 5.07. The van der Waals surface area contributed by atoms with Crippen LogP contribution in [0.5, 0.6) is 5.75 Å². The molecule has 2 aromatic carbocycles. The summed E-state index contributed by atoms with van der Waals surface area (Å²) in [6, 6.07) is 7.90. The van der Waals surface area contributed by atoms with E-state index in [4.69, 9.17) is 16.3 Å². The molecule has 0 aliphatic rings. The maximum atomic E-state index is 13.3. The molecule has 11 nitrogen and oxygen atoms in total. The molecular weight excluding hydrogens is 536 g/mol. The first-order valence-electron chi connectivity index (χ1n) is 10.3. The number of ketones is 1. The van der Waals surface area contributed by atoms with Crippen LogP contribution in [0.4, 0.5) is 11.4 Å². The summed E-state index contributed by atoms with van der Waals surface area (Å²) in [4.78, 5) is 26.2. The van der Waals surface area contributed by atoms with Gasteiger partial charge >= 0.3 is 0 Å². The number of Topliss-reactive ketones (excluding diaryl/α,β-unsaturated/α-hetero) is 1. The van der Waals surface area contributed by atoms with E-state index < -0.39 is 56.3 Å². The van der Waals surface area contributed by atoms with Gasteiger partial charge in [0.05, 0.1) is 46.2 Å². The second-order valence-corrected chi connectivity index (χ2v) is 12.7. The first-order chi connectivity index (χ1) is 16.5. The quantitative estimate of drug-likeness (QED) is 0.294. The van der Waals surface area contributed by atoms with Crippen LogP contribution in [0.25, 0.3) is 0 Å². The molecule has 1 atom stereocenters. The van der Waals surface area contributed by atoms with Gasteiger partial charge in [-0.3, -0.25) is 14.3 Å². The highest BCUT2D eigenvalue weighted by Gasteiger charge is 2.42. The summed E-state index contributed by atoms with van der Waals surface area (Å²) in [5.74, 6) is -2.40. The number of hydrogen-bond donors (Lipinski definition) is 4. The van der Waals surface area contributed by atoms with Crippen molar-refractivity contribution in [1.82, 2.24) is 0 Å². The van der Waals surface area contributed by atoms with Gasteiger partial charge in [-0.1, -0.05) is 17.7 Å². The number of rotatable bonds is 11. The monoisotopic (exact) mass is 562 g/mol. The predicted octanol–water partition coefficient (Wildman–Crippen LogP) is 1.37. The topological polar surface area (TPSA) is 176 Å². The first-order valence-corrected chi connectivity index (χ1v) is 14.5. The zero-order valence-electron chi connectivity index (χ0n) is 19.9. The maximum Gasteiger partial charge on any atom is 0.273 e. The number of aliphatic hydroxyl groups excluding tert-OH is 2. The minimum atomic E-state index is -3.94. The van der Waals surface area contributed by atoms with Crippen LogP contribution < -0.4 is 14.8 Å². The normalized spacial score (nSPS) is 13.1. The van der Waals surface area contributed by atoms with Gasteiger partial charge in [-0.2, -0.15) is 0 Å². The van der Waals surface area contributed by atoms with E-state index in [9.17, 15) is 36.6 Å². The third kappa shape index (κ3) is 7.40. The van der Waals surface area contributed by atoms with E-state index in [0.717, 1.165) is 36.3 Å². The van der Waals surface area contributed by atoms with E-state index in [1.807, 2.05) is 0 Å². The van der Waals surface area contributed by atoms with Crippen LogP contribution in [0.3, 0.4) is 0 Å². The molecule has 0 bridgehead atoms. The van der Waals surface area contributed by atoms with E-state index in [2.05, 4.69) is 10.0 Å². The zero-order chi connectivity index (χ0) is 27.5. The van der Waals surface area contributed by atoms with E-state index in [0.29, 0.717) is 0 Å². The van der Waals surface area contributed by atoms with E-state index in [-0.39, 0.29) is 27.0 Å². The molecule has 0 fully saturated rings. The Balaban J connectivity index is 2.61. The van der Waals surface area contributed by atoms with Gasteiger partial charge in [-0.15, -0.1) is 0 Å². The second kappa shape index (κ2) is 11.1. The smallest absolute Gasteiger partial charge is 0.273 e. The fourth-order valence-corrected chi connectivity index (χ4v) is 4.30. The number of sulfonamides is 1. The van der Waals surface area contributed by atoms with Gasteiger partial charge in [0.25, 0.3) is 5.91 Å². The lowest BCUT2D eigenvalue weighted by Crippen LogP contribution is -2.50. The van der Waals surface area contributed by atoms with Crippen molar-refractivity contribution in [1.29, 1.82) is 0 Å². The number of halogens is 1. The van der Waals surface area contributed by atoms with Crippen molar-refractivity contribution >= 4 is 54.5 Å². The Bertz CT molecular complexity index is 1370. The summed E-state index contributed by atoms with van der Waals surface area (Å²) in [6.45, 7) is 1.29. The van der Waals surface area contributed by atoms with Crippen molar-refractivity contribution in [3.63, 3.8) is 0 Å². The third-order valence-corrected chi connectivity index (χ3v) is 7.10. The summed E-state index contributed by atoms with van der Waals surface area (Å²) in [5.41, 5.74) is -1.27. The van der Waals surface area contributed by atoms with Crippen molar-refractivity contribution in [3.8, 4) is 5.75 Å². The molecule has 2 rings (SSSR count). The molecule has 36 heavy (non-hydrogen) atoms. The average molecular weight is 563 g/mol. The van der Waals surface area contributed by atoms with Crippen LogP contribution in [-0.4, -0.2) is 70.6 Å².